The molecule has 0 aliphatic rings. The third kappa shape index (κ3) is 5.12. The van der Waals surface area contributed by atoms with Crippen LogP contribution >= 0.6 is 15.9 Å². The van der Waals surface area contributed by atoms with Gasteiger partial charge in [0.25, 0.3) is 0 Å². The van der Waals surface area contributed by atoms with E-state index < -0.39 is 0 Å². The molecule has 5 nitrogen and oxygen atoms in total. The molecule has 0 aliphatic carbocycles. The Morgan fingerprint density at radius 1 is 0.967 bits per heavy atom. The number of rotatable bonds is 8. The fraction of sp³-hybridized carbons (Fsp3) is 0.292. The highest BCUT2D eigenvalue weighted by Crippen LogP contribution is 2.34. The third-order valence-corrected chi connectivity index (χ3v) is 5.60. The van der Waals surface area contributed by atoms with Crippen molar-refractivity contribution in [1.29, 1.82) is 0 Å². The number of hydrogen-bond acceptors (Lipinski definition) is 5. The van der Waals surface area contributed by atoms with Crippen molar-refractivity contribution >= 4 is 27.4 Å². The molecule has 0 amide bonds. The zero-order valence-electron chi connectivity index (χ0n) is 18.0. The van der Waals surface area contributed by atoms with Crippen LogP contribution in [0.3, 0.4) is 0 Å². The fourth-order valence-corrected chi connectivity index (χ4v) is 3.65. The van der Waals surface area contributed by atoms with Crippen LogP contribution in [0.25, 0.3) is 0 Å². The Hall–Kier alpha value is -2.57. The van der Waals surface area contributed by atoms with Gasteiger partial charge in [-0.1, -0.05) is 18.2 Å². The van der Waals surface area contributed by atoms with E-state index in [1.165, 1.54) is 0 Å². The molecule has 0 radical (unpaired) electrons. The molecular formula is C24H27BrN2O3. The first kappa shape index (κ1) is 22.1. The number of ether oxygens (including phenoxy) is 3. The van der Waals surface area contributed by atoms with Crippen molar-refractivity contribution in [3.8, 4) is 11.5 Å². The lowest BCUT2D eigenvalue weighted by Crippen LogP contribution is -2.05. The highest BCUT2D eigenvalue weighted by Gasteiger charge is 2.13. The molecule has 3 aromatic rings. The number of methoxy groups -OCH3 is 2. The van der Waals surface area contributed by atoms with Gasteiger partial charge >= 0.3 is 0 Å². The van der Waals surface area contributed by atoms with Crippen LogP contribution in [0.15, 0.2) is 46.9 Å². The van der Waals surface area contributed by atoms with E-state index >= 15 is 0 Å². The maximum Gasteiger partial charge on any atom is 0.145 e. The number of pyridine rings is 1. The molecule has 0 spiro atoms. The van der Waals surface area contributed by atoms with Crippen LogP contribution < -0.4 is 14.8 Å². The fourth-order valence-electron chi connectivity index (χ4n) is 3.19. The molecule has 0 aliphatic heterocycles. The smallest absolute Gasteiger partial charge is 0.145 e. The maximum atomic E-state index is 6.11. The van der Waals surface area contributed by atoms with Crippen LogP contribution in [-0.4, -0.2) is 19.2 Å². The van der Waals surface area contributed by atoms with E-state index in [0.29, 0.717) is 13.2 Å². The summed E-state index contributed by atoms with van der Waals surface area (Å²) in [5, 5.41) is 3.48. The second-order valence-corrected chi connectivity index (χ2v) is 7.99. The number of nitrogens with zero attached hydrogens (tertiary/aromatic N) is 1. The van der Waals surface area contributed by atoms with E-state index in [1.807, 2.05) is 43.3 Å². The lowest BCUT2D eigenvalue weighted by Gasteiger charge is -2.18. The molecule has 0 unspecified atom stereocenters. The first-order valence-electron chi connectivity index (χ1n) is 9.70. The Labute approximate surface area is 186 Å². The first-order valence-corrected chi connectivity index (χ1v) is 10.5. The van der Waals surface area contributed by atoms with Gasteiger partial charge in [0.05, 0.1) is 18.2 Å². The van der Waals surface area contributed by atoms with E-state index in [4.69, 9.17) is 19.2 Å². The predicted octanol–water partition coefficient (Wildman–Crippen LogP) is 6.25. The van der Waals surface area contributed by atoms with Gasteiger partial charge in [-0.15, -0.1) is 0 Å². The third-order valence-electron chi connectivity index (χ3n) is 4.99. The standard InChI is InChI=1S/C24H27BrN2O3/c1-15-6-11-22(30-13-18-7-9-20(29-5)10-8-18)16(2)23(15)27-24-21(25)12-19(14-28-4)17(3)26-24/h6-12H,13-14H2,1-5H3,(H,26,27). The van der Waals surface area contributed by atoms with Crippen molar-refractivity contribution in [1.82, 2.24) is 4.98 Å². The maximum absolute atomic E-state index is 6.11. The van der Waals surface area contributed by atoms with Gasteiger partial charge < -0.3 is 19.5 Å². The van der Waals surface area contributed by atoms with Crippen molar-refractivity contribution in [2.75, 3.05) is 19.5 Å². The summed E-state index contributed by atoms with van der Waals surface area (Å²) in [6.07, 6.45) is 0. The van der Waals surface area contributed by atoms with E-state index in [-0.39, 0.29) is 0 Å². The minimum atomic E-state index is 0.486. The van der Waals surface area contributed by atoms with E-state index in [2.05, 4.69) is 41.2 Å². The molecule has 2 aromatic carbocycles. The quantitative estimate of drug-likeness (QED) is 0.421. The Balaban J connectivity index is 1.81. The zero-order chi connectivity index (χ0) is 21.7. The van der Waals surface area contributed by atoms with Crippen molar-refractivity contribution < 1.29 is 14.2 Å². The van der Waals surface area contributed by atoms with Crippen molar-refractivity contribution in [2.24, 2.45) is 0 Å². The molecule has 0 atom stereocenters. The molecule has 1 N–H and O–H groups in total. The summed E-state index contributed by atoms with van der Waals surface area (Å²) < 4.78 is 17.5. The van der Waals surface area contributed by atoms with Gasteiger partial charge in [0.2, 0.25) is 0 Å². The largest absolute Gasteiger partial charge is 0.497 e. The van der Waals surface area contributed by atoms with Gasteiger partial charge in [0.15, 0.2) is 0 Å². The molecule has 0 saturated heterocycles. The van der Waals surface area contributed by atoms with Gasteiger partial charge in [-0.05, 0) is 72.1 Å². The average Bonchev–Trinajstić information content (AvgIpc) is 2.74. The molecule has 0 saturated carbocycles. The lowest BCUT2D eigenvalue weighted by atomic mass is 10.1. The second kappa shape index (κ2) is 9.96. The van der Waals surface area contributed by atoms with Gasteiger partial charge in [-0.2, -0.15) is 0 Å². The average molecular weight is 471 g/mol. The summed E-state index contributed by atoms with van der Waals surface area (Å²) in [5.74, 6) is 2.44. The normalized spacial score (nSPS) is 10.7. The van der Waals surface area contributed by atoms with Crippen LogP contribution in [0.4, 0.5) is 11.5 Å². The van der Waals surface area contributed by atoms with Crippen molar-refractivity contribution in [3.63, 3.8) is 0 Å². The number of halogens is 1. The SMILES string of the molecule is COCc1cc(Br)c(Nc2c(C)ccc(OCc3ccc(OC)cc3)c2C)nc1C. The predicted molar refractivity (Wildman–Crippen MR) is 124 cm³/mol. The summed E-state index contributed by atoms with van der Waals surface area (Å²) in [6.45, 7) is 7.13. The summed E-state index contributed by atoms with van der Waals surface area (Å²) in [4.78, 5) is 4.72. The summed E-state index contributed by atoms with van der Waals surface area (Å²) >= 11 is 3.63. The molecular weight excluding hydrogens is 444 g/mol. The van der Waals surface area contributed by atoms with Crippen LogP contribution in [0.5, 0.6) is 11.5 Å². The van der Waals surface area contributed by atoms with Gasteiger partial charge in [-0.25, -0.2) is 4.98 Å². The Kier molecular flexibility index (Phi) is 7.34. The van der Waals surface area contributed by atoms with Gasteiger partial charge in [-0.3, -0.25) is 0 Å². The van der Waals surface area contributed by atoms with E-state index in [0.717, 1.165) is 55.4 Å². The van der Waals surface area contributed by atoms with Crippen molar-refractivity contribution in [2.45, 2.75) is 34.0 Å². The Bertz CT molecular complexity index is 1020. The minimum Gasteiger partial charge on any atom is -0.497 e. The molecule has 30 heavy (non-hydrogen) atoms. The first-order chi connectivity index (χ1) is 14.4. The molecule has 6 heteroatoms. The Morgan fingerprint density at radius 2 is 1.70 bits per heavy atom. The molecule has 3 rings (SSSR count). The number of aromatic nitrogens is 1. The van der Waals surface area contributed by atoms with E-state index in [1.54, 1.807) is 14.2 Å². The van der Waals surface area contributed by atoms with Gasteiger partial charge in [0, 0.05) is 29.6 Å². The summed E-state index contributed by atoms with van der Waals surface area (Å²) in [5.41, 5.74) is 6.23. The number of benzene rings is 2. The second-order valence-electron chi connectivity index (χ2n) is 7.14. The number of aryl methyl sites for hydroxylation is 2. The van der Waals surface area contributed by atoms with Crippen LogP contribution in [-0.2, 0) is 18.0 Å². The topological polar surface area (TPSA) is 52.6 Å². The number of anilines is 2. The van der Waals surface area contributed by atoms with Crippen LogP contribution in [0.1, 0.15) is 27.9 Å². The van der Waals surface area contributed by atoms with Gasteiger partial charge in [0.1, 0.15) is 23.9 Å². The van der Waals surface area contributed by atoms with Crippen molar-refractivity contribution in [3.05, 3.63) is 74.9 Å². The monoisotopic (exact) mass is 470 g/mol. The van der Waals surface area contributed by atoms with Crippen LogP contribution in [0, 0.1) is 20.8 Å². The van der Waals surface area contributed by atoms with E-state index in [9.17, 15) is 0 Å². The number of nitrogens with one attached hydrogen (secondary N) is 1. The molecule has 158 valence electrons. The highest BCUT2D eigenvalue weighted by atomic mass is 79.9. The molecule has 1 aromatic heterocycles. The summed E-state index contributed by atoms with van der Waals surface area (Å²) in [7, 11) is 3.35. The lowest BCUT2D eigenvalue weighted by molar-refractivity contribution is 0.184. The zero-order valence-corrected chi connectivity index (χ0v) is 19.6. The molecule has 1 heterocycles. The highest BCUT2D eigenvalue weighted by molar-refractivity contribution is 9.10. The Morgan fingerprint density at radius 3 is 2.37 bits per heavy atom. The van der Waals surface area contributed by atoms with Crippen LogP contribution in [0.2, 0.25) is 0 Å². The molecule has 0 bridgehead atoms. The molecule has 0 fully saturated rings. The number of hydrogen-bond donors (Lipinski definition) is 1. The summed E-state index contributed by atoms with van der Waals surface area (Å²) in [6, 6.07) is 14.0. The minimum absolute atomic E-state index is 0.486.